The summed E-state index contributed by atoms with van der Waals surface area (Å²) in [6.45, 7) is 6.60. The maximum atomic E-state index is 9.35. The van der Waals surface area contributed by atoms with Crippen molar-refractivity contribution in [3.63, 3.8) is 0 Å². The monoisotopic (exact) mass is 430 g/mol. The molecule has 0 heterocycles. The summed E-state index contributed by atoms with van der Waals surface area (Å²) in [5, 5.41) is 15.5. The Labute approximate surface area is 116 Å². The van der Waals surface area contributed by atoms with Crippen LogP contribution in [0.4, 0.5) is 0 Å². The summed E-state index contributed by atoms with van der Waals surface area (Å²) < 4.78 is 0. The summed E-state index contributed by atoms with van der Waals surface area (Å²) in [5.41, 5.74) is 7.42. The first-order valence-corrected chi connectivity index (χ1v) is 4.60. The molecular weight excluding hydrogens is 409 g/mol. The van der Waals surface area contributed by atoms with Gasteiger partial charge in [0.1, 0.15) is 0 Å². The quantitative estimate of drug-likeness (QED) is 0.363. The molecule has 7 N–H and O–H groups in total. The van der Waals surface area contributed by atoms with Gasteiger partial charge in [-0.3, -0.25) is 0 Å². The van der Waals surface area contributed by atoms with E-state index < -0.39 is 11.7 Å². The van der Waals surface area contributed by atoms with Gasteiger partial charge in [-0.05, 0) is 6.58 Å². The number of aliphatic carboxylic acids is 1. The van der Waals surface area contributed by atoms with Crippen molar-refractivity contribution in [2.45, 2.75) is 31.7 Å². The largest absolute Gasteiger partial charge is 2.00 e. The SMILES string of the molecule is C=C(O)C(=O)O.O.O.[CH2-]C1CCCCC1[NH-].[Pt+2]. The topological polar surface area (TPSA) is 144 Å². The van der Waals surface area contributed by atoms with Crippen molar-refractivity contribution >= 4 is 5.97 Å². The van der Waals surface area contributed by atoms with E-state index in [2.05, 4.69) is 13.5 Å². The molecule has 2 unspecified atom stereocenters. The summed E-state index contributed by atoms with van der Waals surface area (Å²) in [7, 11) is 0. The molecule has 1 saturated carbocycles. The Morgan fingerprint density at radius 1 is 1.24 bits per heavy atom. The average molecular weight is 430 g/mol. The van der Waals surface area contributed by atoms with Gasteiger partial charge in [-0.25, -0.2) is 4.79 Å². The molecule has 0 radical (unpaired) electrons. The van der Waals surface area contributed by atoms with Crippen molar-refractivity contribution in [1.82, 2.24) is 0 Å². The summed E-state index contributed by atoms with van der Waals surface area (Å²) in [6.07, 6.45) is 4.80. The molecule has 0 aromatic carbocycles. The van der Waals surface area contributed by atoms with Crippen LogP contribution in [0.2, 0.25) is 0 Å². The minimum absolute atomic E-state index is 0. The number of carboxylic acids is 1. The molecule has 17 heavy (non-hydrogen) atoms. The number of hydrogen-bond donors (Lipinski definition) is 2. The molecular formula is C10H21NO5Pt. The fraction of sp³-hybridized carbons (Fsp3) is 0.600. The molecule has 0 aliphatic heterocycles. The summed E-state index contributed by atoms with van der Waals surface area (Å²) in [5.74, 6) is -1.78. The minimum Gasteiger partial charge on any atom is -0.677 e. The van der Waals surface area contributed by atoms with Crippen LogP contribution in [0.5, 0.6) is 0 Å². The van der Waals surface area contributed by atoms with E-state index >= 15 is 0 Å². The predicted octanol–water partition coefficient (Wildman–Crippen LogP) is 0.922. The second-order valence-corrected chi connectivity index (χ2v) is 3.40. The number of nitrogens with one attached hydrogen (secondary N) is 1. The van der Waals surface area contributed by atoms with Crippen LogP contribution in [-0.4, -0.2) is 33.2 Å². The van der Waals surface area contributed by atoms with Crippen LogP contribution in [0.15, 0.2) is 12.3 Å². The van der Waals surface area contributed by atoms with Crippen molar-refractivity contribution in [1.29, 1.82) is 0 Å². The van der Waals surface area contributed by atoms with E-state index in [1.54, 1.807) is 0 Å². The van der Waals surface area contributed by atoms with Crippen LogP contribution in [0, 0.1) is 12.8 Å². The fourth-order valence-electron chi connectivity index (χ4n) is 1.21. The molecule has 6 nitrogen and oxygen atoms in total. The van der Waals surface area contributed by atoms with E-state index in [0.29, 0.717) is 5.92 Å². The van der Waals surface area contributed by atoms with Crippen LogP contribution in [0.1, 0.15) is 25.7 Å². The summed E-state index contributed by atoms with van der Waals surface area (Å²) >= 11 is 0. The van der Waals surface area contributed by atoms with Crippen molar-refractivity contribution < 1.29 is 47.0 Å². The molecule has 0 amide bonds. The van der Waals surface area contributed by atoms with Gasteiger partial charge < -0.3 is 33.8 Å². The maximum absolute atomic E-state index is 9.35. The fourth-order valence-corrected chi connectivity index (χ4v) is 1.21. The van der Waals surface area contributed by atoms with Crippen LogP contribution in [0.3, 0.4) is 0 Å². The maximum Gasteiger partial charge on any atom is 2.00 e. The number of carboxylic acid groups (broad SMARTS) is 1. The Kier molecular flexibility index (Phi) is 20.4. The molecule has 0 bridgehead atoms. The average Bonchev–Trinajstić information content (AvgIpc) is 2.11. The first-order valence-electron chi connectivity index (χ1n) is 4.60. The Bertz CT molecular complexity index is 191. The standard InChI is InChI=1S/C7H13N.C3H4O3.2H2O.Pt/c1-6-4-2-3-5-7(6)8;1-2(4)3(5)6;;;/h6-8H,1-5H2;4H,1H2,(H,5,6);2*1H2;/q-2;;;;+2. The molecule has 1 aliphatic rings. The first-order chi connectivity index (χ1) is 6.45. The van der Waals surface area contributed by atoms with Crippen molar-refractivity contribution in [3.05, 3.63) is 25.0 Å². The van der Waals surface area contributed by atoms with Gasteiger partial charge in [0.05, 0.1) is 0 Å². The Morgan fingerprint density at radius 3 is 1.76 bits per heavy atom. The van der Waals surface area contributed by atoms with Gasteiger partial charge in [-0.15, -0.1) is 0 Å². The zero-order chi connectivity index (χ0) is 11.1. The Hall–Kier alpha value is -0.422. The van der Waals surface area contributed by atoms with Crippen molar-refractivity contribution in [2.75, 3.05) is 0 Å². The number of rotatable bonds is 1. The smallest absolute Gasteiger partial charge is 0.677 e. The molecule has 0 aromatic heterocycles. The van der Waals surface area contributed by atoms with Gasteiger partial charge in [0.2, 0.25) is 0 Å². The van der Waals surface area contributed by atoms with Gasteiger partial charge in [0.25, 0.3) is 0 Å². The molecule has 7 heteroatoms. The van der Waals surface area contributed by atoms with E-state index in [0.717, 1.165) is 6.42 Å². The van der Waals surface area contributed by atoms with Crippen LogP contribution in [0.25, 0.3) is 5.73 Å². The van der Waals surface area contributed by atoms with Crippen LogP contribution in [-0.2, 0) is 25.9 Å². The molecule has 106 valence electrons. The van der Waals surface area contributed by atoms with Gasteiger partial charge in [-0.1, -0.05) is 25.7 Å². The van der Waals surface area contributed by atoms with Crippen LogP contribution < -0.4 is 0 Å². The molecule has 0 aromatic rings. The van der Waals surface area contributed by atoms with E-state index in [4.69, 9.17) is 15.9 Å². The molecule has 0 spiro atoms. The molecule has 1 aliphatic carbocycles. The summed E-state index contributed by atoms with van der Waals surface area (Å²) in [4.78, 5) is 9.35. The molecule has 2 atom stereocenters. The van der Waals surface area contributed by atoms with E-state index in [1.165, 1.54) is 19.3 Å². The second-order valence-electron chi connectivity index (χ2n) is 3.40. The first kappa shape index (κ1) is 25.4. The second kappa shape index (κ2) is 13.6. The predicted molar refractivity (Wildman–Crippen MR) is 62.1 cm³/mol. The van der Waals surface area contributed by atoms with Crippen LogP contribution >= 0.6 is 0 Å². The third kappa shape index (κ3) is 13.5. The minimum atomic E-state index is -1.38. The summed E-state index contributed by atoms with van der Waals surface area (Å²) in [6, 6.07) is 0.142. The molecule has 1 rings (SSSR count). The van der Waals surface area contributed by atoms with Crippen molar-refractivity contribution in [2.24, 2.45) is 5.92 Å². The zero-order valence-corrected chi connectivity index (χ0v) is 11.8. The third-order valence-electron chi connectivity index (χ3n) is 2.16. The van der Waals surface area contributed by atoms with Gasteiger partial charge in [0.15, 0.2) is 5.76 Å². The molecule has 0 saturated heterocycles. The molecule has 1 fully saturated rings. The number of carbonyl (C=O) groups is 1. The van der Waals surface area contributed by atoms with Gasteiger partial charge >= 0.3 is 27.0 Å². The zero-order valence-electron chi connectivity index (χ0n) is 9.52. The normalized spacial score (nSPS) is 21.3. The number of aliphatic hydroxyl groups excluding tert-OH is 1. The number of aliphatic hydroxyl groups is 1. The van der Waals surface area contributed by atoms with E-state index in [1.807, 2.05) is 0 Å². The van der Waals surface area contributed by atoms with E-state index in [-0.39, 0.29) is 38.1 Å². The Balaban J connectivity index is -0.0000000873. The van der Waals surface area contributed by atoms with Gasteiger partial charge in [0, 0.05) is 0 Å². The van der Waals surface area contributed by atoms with Crippen molar-refractivity contribution in [3.8, 4) is 0 Å². The number of hydrogen-bond acceptors (Lipinski definition) is 2. The van der Waals surface area contributed by atoms with Gasteiger partial charge in [-0.2, -0.15) is 12.0 Å². The third-order valence-corrected chi connectivity index (χ3v) is 2.16. The Morgan fingerprint density at radius 2 is 1.59 bits per heavy atom. The van der Waals surface area contributed by atoms with E-state index in [9.17, 15) is 4.79 Å².